The summed E-state index contributed by atoms with van der Waals surface area (Å²) in [5.74, 6) is -0.211. The Balaban J connectivity index is 2.29. The number of benzene rings is 2. The normalized spacial score (nSPS) is 11.7. The van der Waals surface area contributed by atoms with Crippen LogP contribution in [-0.4, -0.2) is 29.3 Å². The van der Waals surface area contributed by atoms with Gasteiger partial charge in [0.1, 0.15) is 6.04 Å². The smallest absolute Gasteiger partial charge is 0.242 e. The zero-order chi connectivity index (χ0) is 20.5. The maximum atomic E-state index is 13.2. The van der Waals surface area contributed by atoms with E-state index in [1.165, 1.54) is 0 Å². The first-order valence-electron chi connectivity index (χ1n) is 9.82. The minimum atomic E-state index is -0.512. The van der Waals surface area contributed by atoms with Crippen molar-refractivity contribution >= 4 is 23.4 Å². The average molecular weight is 401 g/mol. The van der Waals surface area contributed by atoms with E-state index >= 15 is 0 Å². The molecule has 0 aromatic heterocycles. The van der Waals surface area contributed by atoms with Gasteiger partial charge >= 0.3 is 0 Å². The van der Waals surface area contributed by atoms with E-state index in [0.717, 1.165) is 23.1 Å². The van der Waals surface area contributed by atoms with Crippen LogP contribution in [0.25, 0.3) is 0 Å². The molecule has 0 fully saturated rings. The zero-order valence-corrected chi connectivity index (χ0v) is 17.6. The van der Waals surface area contributed by atoms with Crippen molar-refractivity contribution in [3.8, 4) is 0 Å². The monoisotopic (exact) mass is 400 g/mol. The Hall–Kier alpha value is -2.33. The first-order valence-corrected chi connectivity index (χ1v) is 10.2. The molecule has 1 N–H and O–H groups in total. The number of carbonyl (C=O) groups excluding carboxylic acids is 2. The predicted octanol–water partition coefficient (Wildman–Crippen LogP) is 4.52. The third-order valence-electron chi connectivity index (χ3n) is 4.67. The fourth-order valence-electron chi connectivity index (χ4n) is 3.20. The Kier molecular flexibility index (Phi) is 8.52. The minimum absolute atomic E-state index is 0.104. The molecule has 0 saturated carbocycles. The largest absolute Gasteiger partial charge is 0.354 e. The molecule has 0 saturated heterocycles. The van der Waals surface area contributed by atoms with Gasteiger partial charge in [-0.1, -0.05) is 73.5 Å². The van der Waals surface area contributed by atoms with Gasteiger partial charge in [0.05, 0.1) is 6.42 Å². The summed E-state index contributed by atoms with van der Waals surface area (Å²) in [5, 5.41) is 3.50. The Morgan fingerprint density at radius 1 is 1.11 bits per heavy atom. The number of nitrogens with one attached hydrogen (secondary N) is 1. The molecular weight excluding hydrogens is 372 g/mol. The maximum absolute atomic E-state index is 13.2. The Bertz CT molecular complexity index is 807. The summed E-state index contributed by atoms with van der Waals surface area (Å²) >= 11 is 6.25. The number of hydrogen-bond donors (Lipinski definition) is 1. The molecule has 2 aromatic carbocycles. The molecule has 28 heavy (non-hydrogen) atoms. The van der Waals surface area contributed by atoms with Crippen LogP contribution in [0.15, 0.2) is 48.5 Å². The van der Waals surface area contributed by atoms with Gasteiger partial charge in [-0.15, -0.1) is 0 Å². The summed E-state index contributed by atoms with van der Waals surface area (Å²) in [6.07, 6.45) is 1.58. The third kappa shape index (κ3) is 6.10. The lowest BCUT2D eigenvalue weighted by Crippen LogP contribution is -2.49. The summed E-state index contributed by atoms with van der Waals surface area (Å²) in [6.45, 7) is 6.95. The van der Waals surface area contributed by atoms with Crippen LogP contribution < -0.4 is 5.32 Å². The Morgan fingerprint density at radius 2 is 1.86 bits per heavy atom. The molecule has 0 spiro atoms. The van der Waals surface area contributed by atoms with Gasteiger partial charge in [-0.2, -0.15) is 0 Å². The molecular formula is C23H29ClN2O2. The topological polar surface area (TPSA) is 49.4 Å². The third-order valence-corrected chi connectivity index (χ3v) is 5.04. The van der Waals surface area contributed by atoms with E-state index in [4.69, 9.17) is 11.6 Å². The highest BCUT2D eigenvalue weighted by Gasteiger charge is 2.28. The van der Waals surface area contributed by atoms with Gasteiger partial charge in [-0.25, -0.2) is 0 Å². The van der Waals surface area contributed by atoms with E-state index in [1.54, 1.807) is 11.0 Å². The quantitative estimate of drug-likeness (QED) is 0.672. The number of halogens is 1. The first kappa shape index (κ1) is 22.0. The van der Waals surface area contributed by atoms with E-state index in [-0.39, 0.29) is 18.2 Å². The number of rotatable bonds is 9. The molecule has 0 unspecified atom stereocenters. The van der Waals surface area contributed by atoms with Crippen molar-refractivity contribution in [2.24, 2.45) is 0 Å². The van der Waals surface area contributed by atoms with E-state index in [9.17, 15) is 9.59 Å². The van der Waals surface area contributed by atoms with E-state index in [0.29, 0.717) is 24.5 Å². The Morgan fingerprint density at radius 3 is 2.50 bits per heavy atom. The first-order chi connectivity index (χ1) is 13.5. The molecule has 150 valence electrons. The molecule has 0 radical (unpaired) electrons. The van der Waals surface area contributed by atoms with Crippen LogP contribution in [0.3, 0.4) is 0 Å². The summed E-state index contributed by atoms with van der Waals surface area (Å²) in [4.78, 5) is 27.6. The van der Waals surface area contributed by atoms with Crippen molar-refractivity contribution in [1.82, 2.24) is 10.2 Å². The molecule has 2 aromatic rings. The summed E-state index contributed by atoms with van der Waals surface area (Å²) in [5.41, 5.74) is 2.90. The van der Waals surface area contributed by atoms with Crippen LogP contribution in [0.1, 0.15) is 43.4 Å². The van der Waals surface area contributed by atoms with Crippen LogP contribution in [0, 0.1) is 6.92 Å². The summed E-state index contributed by atoms with van der Waals surface area (Å²) in [7, 11) is 0. The molecule has 5 heteroatoms. The Labute approximate surface area is 172 Å². The second-order valence-corrected chi connectivity index (χ2v) is 7.40. The van der Waals surface area contributed by atoms with Gasteiger partial charge in [0, 0.05) is 18.1 Å². The summed E-state index contributed by atoms with van der Waals surface area (Å²) < 4.78 is 0. The van der Waals surface area contributed by atoms with Crippen LogP contribution in [0.2, 0.25) is 5.02 Å². The molecule has 0 heterocycles. The van der Waals surface area contributed by atoms with Gasteiger partial charge in [0.15, 0.2) is 0 Å². The van der Waals surface area contributed by atoms with Crippen molar-refractivity contribution in [3.63, 3.8) is 0 Å². The van der Waals surface area contributed by atoms with Crippen LogP contribution in [0.5, 0.6) is 0 Å². The lowest BCUT2D eigenvalue weighted by Gasteiger charge is -2.31. The van der Waals surface area contributed by atoms with E-state index < -0.39 is 6.04 Å². The summed E-state index contributed by atoms with van der Waals surface area (Å²) in [6, 6.07) is 14.8. The highest BCUT2D eigenvalue weighted by atomic mass is 35.5. The molecule has 2 amide bonds. The molecule has 2 rings (SSSR count). The van der Waals surface area contributed by atoms with Gasteiger partial charge in [-0.05, 0) is 37.0 Å². The predicted molar refractivity (Wildman–Crippen MR) is 114 cm³/mol. The highest BCUT2D eigenvalue weighted by Crippen LogP contribution is 2.19. The fraction of sp³-hybridized carbons (Fsp3) is 0.391. The second kappa shape index (κ2) is 10.9. The number of carbonyl (C=O) groups is 2. The van der Waals surface area contributed by atoms with E-state index in [1.807, 2.05) is 63.2 Å². The molecule has 1 atom stereocenters. The van der Waals surface area contributed by atoms with E-state index in [2.05, 4.69) is 5.32 Å². The van der Waals surface area contributed by atoms with Gasteiger partial charge in [0.25, 0.3) is 0 Å². The fourth-order valence-corrected chi connectivity index (χ4v) is 3.40. The van der Waals surface area contributed by atoms with Crippen LogP contribution in [0.4, 0.5) is 0 Å². The number of aryl methyl sites for hydroxylation is 1. The highest BCUT2D eigenvalue weighted by molar-refractivity contribution is 6.31. The average Bonchev–Trinajstić information content (AvgIpc) is 2.68. The van der Waals surface area contributed by atoms with Crippen molar-refractivity contribution in [2.45, 2.75) is 52.6 Å². The van der Waals surface area contributed by atoms with Crippen molar-refractivity contribution in [3.05, 3.63) is 70.2 Å². The molecule has 0 aliphatic heterocycles. The zero-order valence-electron chi connectivity index (χ0n) is 16.9. The number of amides is 2. The molecule has 4 nitrogen and oxygen atoms in total. The lowest BCUT2D eigenvalue weighted by atomic mass is 10.1. The van der Waals surface area contributed by atoms with Crippen molar-refractivity contribution in [1.29, 1.82) is 0 Å². The van der Waals surface area contributed by atoms with Crippen molar-refractivity contribution in [2.75, 3.05) is 6.54 Å². The van der Waals surface area contributed by atoms with Gasteiger partial charge in [-0.3, -0.25) is 9.59 Å². The lowest BCUT2D eigenvalue weighted by molar-refractivity contribution is -0.140. The maximum Gasteiger partial charge on any atom is 0.242 e. The minimum Gasteiger partial charge on any atom is -0.354 e. The second-order valence-electron chi connectivity index (χ2n) is 6.99. The van der Waals surface area contributed by atoms with Crippen LogP contribution in [-0.2, 0) is 22.6 Å². The SMILES string of the molecule is CCCNC(=O)[C@@H](CC)N(Cc1cccc(C)c1)C(=O)Cc1ccccc1Cl. The van der Waals surface area contributed by atoms with Gasteiger partial charge in [0.2, 0.25) is 11.8 Å². The number of hydrogen-bond acceptors (Lipinski definition) is 2. The molecule has 0 aliphatic rings. The molecule has 0 bridgehead atoms. The van der Waals surface area contributed by atoms with Crippen molar-refractivity contribution < 1.29 is 9.59 Å². The van der Waals surface area contributed by atoms with Gasteiger partial charge < -0.3 is 10.2 Å². The standard InChI is InChI=1S/C23H29ClN2O2/c1-4-13-25-23(28)21(5-2)26(16-18-10-8-9-17(3)14-18)22(27)15-19-11-6-7-12-20(19)24/h6-12,14,21H,4-5,13,15-16H2,1-3H3,(H,25,28)/t21-/m1/s1. The number of nitrogens with zero attached hydrogens (tertiary/aromatic N) is 1. The van der Waals surface area contributed by atoms with Crippen LogP contribution >= 0.6 is 11.6 Å². The molecule has 0 aliphatic carbocycles.